The molecular formula is C8H5BrFN3. The van der Waals surface area contributed by atoms with E-state index >= 15 is 0 Å². The normalized spacial score (nSPS) is 10.3. The molecule has 0 aliphatic heterocycles. The lowest BCUT2D eigenvalue weighted by Crippen LogP contribution is -1.97. The lowest BCUT2D eigenvalue weighted by Gasteiger charge is -2.00. The quantitative estimate of drug-likeness (QED) is 0.767. The van der Waals surface area contributed by atoms with Crippen molar-refractivity contribution in [2.24, 2.45) is 0 Å². The highest BCUT2D eigenvalue weighted by molar-refractivity contribution is 9.10. The minimum Gasteiger partial charge on any atom is -0.262 e. The summed E-state index contributed by atoms with van der Waals surface area (Å²) in [5.74, 6) is -0.391. The van der Waals surface area contributed by atoms with Gasteiger partial charge in [-0.1, -0.05) is 0 Å². The summed E-state index contributed by atoms with van der Waals surface area (Å²) < 4.78 is 15.4. The first kappa shape index (κ1) is 8.37. The third kappa shape index (κ3) is 1.60. The van der Waals surface area contributed by atoms with Gasteiger partial charge in [-0.25, -0.2) is 9.07 Å². The predicted molar refractivity (Wildman–Crippen MR) is 49.0 cm³/mol. The Kier molecular flexibility index (Phi) is 2.10. The zero-order chi connectivity index (χ0) is 9.26. The maximum absolute atomic E-state index is 13.1. The minimum absolute atomic E-state index is 0.390. The standard InChI is InChI=1S/C8H5BrFN3/c9-6-3-12-13(5-6)8-1-2-11-4-7(8)10/h1-5H. The van der Waals surface area contributed by atoms with Crippen molar-refractivity contribution < 1.29 is 4.39 Å². The molecule has 0 aliphatic carbocycles. The van der Waals surface area contributed by atoms with Crippen LogP contribution in [0, 0.1) is 5.82 Å². The number of pyridine rings is 1. The molecule has 0 saturated carbocycles. The van der Waals surface area contributed by atoms with Crippen molar-refractivity contribution in [3.05, 3.63) is 41.1 Å². The Labute approximate surface area is 82.3 Å². The van der Waals surface area contributed by atoms with Crippen LogP contribution in [0.5, 0.6) is 0 Å². The molecule has 2 rings (SSSR count). The van der Waals surface area contributed by atoms with Crippen LogP contribution in [0.2, 0.25) is 0 Å². The van der Waals surface area contributed by atoms with Crippen molar-refractivity contribution in [1.29, 1.82) is 0 Å². The molecule has 0 amide bonds. The van der Waals surface area contributed by atoms with Gasteiger partial charge in [0.2, 0.25) is 0 Å². The largest absolute Gasteiger partial charge is 0.262 e. The lowest BCUT2D eigenvalue weighted by atomic mass is 10.4. The average Bonchev–Trinajstić information content (AvgIpc) is 2.53. The molecule has 0 unspecified atom stereocenters. The highest BCUT2D eigenvalue weighted by atomic mass is 79.9. The second-order valence-electron chi connectivity index (χ2n) is 2.43. The monoisotopic (exact) mass is 241 g/mol. The van der Waals surface area contributed by atoms with Crippen molar-refractivity contribution in [3.63, 3.8) is 0 Å². The van der Waals surface area contributed by atoms with Gasteiger partial charge >= 0.3 is 0 Å². The summed E-state index contributed by atoms with van der Waals surface area (Å²) in [4.78, 5) is 3.65. The van der Waals surface area contributed by atoms with Crippen molar-refractivity contribution in [2.45, 2.75) is 0 Å². The number of aromatic nitrogens is 3. The molecule has 0 atom stereocenters. The van der Waals surface area contributed by atoms with E-state index in [0.717, 1.165) is 10.7 Å². The predicted octanol–water partition coefficient (Wildman–Crippen LogP) is 2.17. The van der Waals surface area contributed by atoms with Crippen LogP contribution in [0.25, 0.3) is 5.69 Å². The van der Waals surface area contributed by atoms with E-state index in [4.69, 9.17) is 0 Å². The molecule has 2 aromatic rings. The van der Waals surface area contributed by atoms with E-state index in [9.17, 15) is 4.39 Å². The Morgan fingerprint density at radius 2 is 2.23 bits per heavy atom. The van der Waals surface area contributed by atoms with Crippen molar-refractivity contribution in [3.8, 4) is 5.69 Å². The molecule has 0 aliphatic rings. The zero-order valence-corrected chi connectivity index (χ0v) is 8.07. The summed E-state index contributed by atoms with van der Waals surface area (Å²) >= 11 is 3.23. The SMILES string of the molecule is Fc1cnccc1-n1cc(Br)cn1. The lowest BCUT2D eigenvalue weighted by molar-refractivity contribution is 0.604. The van der Waals surface area contributed by atoms with E-state index in [1.165, 1.54) is 10.9 Å². The van der Waals surface area contributed by atoms with Crippen molar-refractivity contribution >= 4 is 15.9 Å². The molecule has 13 heavy (non-hydrogen) atoms. The van der Waals surface area contributed by atoms with Gasteiger partial charge in [-0.05, 0) is 22.0 Å². The maximum Gasteiger partial charge on any atom is 0.167 e. The van der Waals surface area contributed by atoms with Gasteiger partial charge in [0.05, 0.1) is 16.9 Å². The van der Waals surface area contributed by atoms with E-state index in [-0.39, 0.29) is 0 Å². The third-order valence-corrected chi connectivity index (χ3v) is 1.96. The Balaban J connectivity index is 2.52. The van der Waals surface area contributed by atoms with E-state index in [2.05, 4.69) is 26.0 Å². The average molecular weight is 242 g/mol. The summed E-state index contributed by atoms with van der Waals surface area (Å²) in [7, 11) is 0. The fourth-order valence-corrected chi connectivity index (χ4v) is 1.27. The molecule has 0 saturated heterocycles. The molecule has 2 heterocycles. The van der Waals surface area contributed by atoms with Gasteiger partial charge in [0, 0.05) is 12.4 Å². The first-order valence-corrected chi connectivity index (χ1v) is 4.37. The van der Waals surface area contributed by atoms with Crippen LogP contribution in [-0.2, 0) is 0 Å². The van der Waals surface area contributed by atoms with Gasteiger partial charge in [-0.15, -0.1) is 0 Å². The van der Waals surface area contributed by atoms with Gasteiger partial charge in [-0.2, -0.15) is 5.10 Å². The van der Waals surface area contributed by atoms with Crippen LogP contribution in [0.4, 0.5) is 4.39 Å². The van der Waals surface area contributed by atoms with Crippen molar-refractivity contribution in [1.82, 2.24) is 14.8 Å². The summed E-state index contributed by atoms with van der Waals surface area (Å²) in [6.45, 7) is 0. The van der Waals surface area contributed by atoms with E-state index in [0.29, 0.717) is 5.69 Å². The van der Waals surface area contributed by atoms with E-state index in [1.54, 1.807) is 18.5 Å². The van der Waals surface area contributed by atoms with Crippen LogP contribution in [0.3, 0.4) is 0 Å². The fourth-order valence-electron chi connectivity index (χ4n) is 0.986. The highest BCUT2D eigenvalue weighted by Gasteiger charge is 2.04. The molecule has 0 fully saturated rings. The van der Waals surface area contributed by atoms with Crippen LogP contribution in [0.1, 0.15) is 0 Å². The summed E-state index contributed by atoms with van der Waals surface area (Å²) in [5.41, 5.74) is 0.390. The van der Waals surface area contributed by atoms with Crippen molar-refractivity contribution in [2.75, 3.05) is 0 Å². The Hall–Kier alpha value is -1.23. The highest BCUT2D eigenvalue weighted by Crippen LogP contribution is 2.13. The van der Waals surface area contributed by atoms with Gasteiger partial charge in [0.25, 0.3) is 0 Å². The smallest absolute Gasteiger partial charge is 0.167 e. The second kappa shape index (κ2) is 3.26. The molecule has 0 N–H and O–H groups in total. The first-order chi connectivity index (χ1) is 6.27. The molecule has 0 aromatic carbocycles. The third-order valence-electron chi connectivity index (χ3n) is 1.55. The van der Waals surface area contributed by atoms with Crippen LogP contribution >= 0.6 is 15.9 Å². The summed E-state index contributed by atoms with van der Waals surface area (Å²) in [6, 6.07) is 1.56. The van der Waals surface area contributed by atoms with Crippen LogP contribution < -0.4 is 0 Å². The molecule has 66 valence electrons. The molecule has 5 heteroatoms. The molecular weight excluding hydrogens is 237 g/mol. The van der Waals surface area contributed by atoms with Gasteiger partial charge in [0.1, 0.15) is 5.69 Å². The molecule has 0 bridgehead atoms. The Morgan fingerprint density at radius 1 is 1.38 bits per heavy atom. The molecule has 0 spiro atoms. The summed E-state index contributed by atoms with van der Waals surface area (Å²) in [5, 5.41) is 3.95. The Bertz CT molecular complexity index is 427. The number of rotatable bonds is 1. The van der Waals surface area contributed by atoms with Gasteiger partial charge in [0.15, 0.2) is 5.82 Å². The van der Waals surface area contributed by atoms with Crippen LogP contribution in [0.15, 0.2) is 35.3 Å². The van der Waals surface area contributed by atoms with Crippen LogP contribution in [-0.4, -0.2) is 14.8 Å². The molecule has 0 radical (unpaired) electrons. The number of hydrogen-bond donors (Lipinski definition) is 0. The number of hydrogen-bond acceptors (Lipinski definition) is 2. The topological polar surface area (TPSA) is 30.7 Å². The summed E-state index contributed by atoms with van der Waals surface area (Å²) in [6.07, 6.45) is 5.96. The minimum atomic E-state index is -0.391. The first-order valence-electron chi connectivity index (χ1n) is 3.57. The fraction of sp³-hybridized carbons (Fsp3) is 0. The molecule has 2 aromatic heterocycles. The Morgan fingerprint density at radius 3 is 2.85 bits per heavy atom. The van der Waals surface area contributed by atoms with E-state index < -0.39 is 5.82 Å². The second-order valence-corrected chi connectivity index (χ2v) is 3.35. The number of nitrogens with zero attached hydrogens (tertiary/aromatic N) is 3. The van der Waals surface area contributed by atoms with Gasteiger partial charge in [-0.3, -0.25) is 4.98 Å². The van der Waals surface area contributed by atoms with Gasteiger partial charge < -0.3 is 0 Å². The molecule has 3 nitrogen and oxygen atoms in total. The number of halogens is 2. The zero-order valence-electron chi connectivity index (χ0n) is 6.48. The van der Waals surface area contributed by atoms with E-state index in [1.807, 2.05) is 0 Å². The maximum atomic E-state index is 13.1.